The number of nitriles is 1. The number of ether oxygens (including phenoxy) is 1. The fourth-order valence-corrected chi connectivity index (χ4v) is 4.19. The molecule has 0 aliphatic heterocycles. The fourth-order valence-electron chi connectivity index (χ4n) is 2.69. The Balaban J connectivity index is 1.92. The second-order valence-electron chi connectivity index (χ2n) is 6.39. The number of rotatable bonds is 9. The van der Waals surface area contributed by atoms with E-state index in [0.717, 1.165) is 5.56 Å². The van der Waals surface area contributed by atoms with Crippen LogP contribution in [0.25, 0.3) is 0 Å². The van der Waals surface area contributed by atoms with Crippen LogP contribution in [0.2, 0.25) is 0 Å². The molecule has 0 atom stereocenters. The third kappa shape index (κ3) is 6.53. The first kappa shape index (κ1) is 23.9. The summed E-state index contributed by atoms with van der Waals surface area (Å²) in [5.74, 6) is -0.815. The first-order chi connectivity index (χ1) is 14.8. The number of hydrogen-bond donors (Lipinski definition) is 2. The zero-order valence-electron chi connectivity index (χ0n) is 17.3. The second-order valence-corrected chi connectivity index (χ2v) is 8.32. The summed E-state index contributed by atoms with van der Waals surface area (Å²) in [6.45, 7) is 3.75. The third-order valence-corrected chi connectivity index (χ3v) is 6.38. The van der Waals surface area contributed by atoms with Gasteiger partial charge in [0.05, 0.1) is 17.4 Å². The van der Waals surface area contributed by atoms with Crippen molar-refractivity contribution in [2.24, 2.45) is 0 Å². The lowest BCUT2D eigenvalue weighted by molar-refractivity contribution is -0.123. The van der Waals surface area contributed by atoms with E-state index in [1.54, 1.807) is 38.1 Å². The number of benzene rings is 2. The van der Waals surface area contributed by atoms with Crippen molar-refractivity contribution >= 4 is 21.8 Å². The molecule has 0 aliphatic carbocycles. The molecule has 2 aromatic rings. The molecular formula is C21H24N4O5S. The lowest BCUT2D eigenvalue weighted by Crippen LogP contribution is -2.43. The maximum atomic E-state index is 12.6. The van der Waals surface area contributed by atoms with Gasteiger partial charge >= 0.3 is 0 Å². The second kappa shape index (κ2) is 11.1. The predicted octanol–water partition coefficient (Wildman–Crippen LogP) is 1.62. The molecule has 10 heteroatoms. The Kier molecular flexibility index (Phi) is 8.54. The van der Waals surface area contributed by atoms with Gasteiger partial charge in [0.25, 0.3) is 11.8 Å². The SMILES string of the molecule is CCN(CC)S(=O)(=O)c1cccc(C(=O)NNC(=O)COc2ccc(CC#N)cc2)c1. The monoisotopic (exact) mass is 444 g/mol. The van der Waals surface area contributed by atoms with Gasteiger partial charge in [-0.2, -0.15) is 9.57 Å². The summed E-state index contributed by atoms with van der Waals surface area (Å²) in [6, 6.07) is 14.3. The molecule has 2 rings (SSSR count). The maximum absolute atomic E-state index is 12.6. The van der Waals surface area contributed by atoms with Crippen LogP contribution >= 0.6 is 0 Å². The highest BCUT2D eigenvalue weighted by Crippen LogP contribution is 2.17. The maximum Gasteiger partial charge on any atom is 0.276 e. The number of nitrogens with zero attached hydrogens (tertiary/aromatic N) is 2. The Labute approximate surface area is 181 Å². The molecule has 2 aromatic carbocycles. The van der Waals surface area contributed by atoms with Gasteiger partial charge in [0.2, 0.25) is 10.0 Å². The molecule has 2 N–H and O–H groups in total. The van der Waals surface area contributed by atoms with E-state index >= 15 is 0 Å². The minimum absolute atomic E-state index is 0.00152. The van der Waals surface area contributed by atoms with Gasteiger partial charge in [-0.15, -0.1) is 0 Å². The van der Waals surface area contributed by atoms with Crippen LogP contribution in [0.3, 0.4) is 0 Å². The molecular weight excluding hydrogens is 420 g/mol. The number of amides is 2. The Morgan fingerprint density at radius 3 is 2.35 bits per heavy atom. The summed E-state index contributed by atoms with van der Waals surface area (Å²) in [5.41, 5.74) is 5.37. The largest absolute Gasteiger partial charge is 0.484 e. The van der Waals surface area contributed by atoms with Gasteiger partial charge < -0.3 is 4.74 Å². The Morgan fingerprint density at radius 2 is 1.74 bits per heavy atom. The van der Waals surface area contributed by atoms with E-state index in [1.165, 1.54) is 28.6 Å². The molecule has 2 amide bonds. The van der Waals surface area contributed by atoms with Crippen molar-refractivity contribution in [3.63, 3.8) is 0 Å². The van der Waals surface area contributed by atoms with Crippen molar-refractivity contribution in [2.75, 3.05) is 19.7 Å². The highest BCUT2D eigenvalue weighted by Gasteiger charge is 2.22. The first-order valence-electron chi connectivity index (χ1n) is 9.59. The predicted molar refractivity (Wildman–Crippen MR) is 113 cm³/mol. The molecule has 164 valence electrons. The fraction of sp³-hybridized carbons (Fsp3) is 0.286. The number of hydrogen-bond acceptors (Lipinski definition) is 6. The van der Waals surface area contributed by atoms with E-state index in [-0.39, 0.29) is 23.5 Å². The Hall–Kier alpha value is -3.42. The Morgan fingerprint density at radius 1 is 1.06 bits per heavy atom. The molecule has 0 saturated carbocycles. The number of carbonyl (C=O) groups excluding carboxylic acids is 2. The summed E-state index contributed by atoms with van der Waals surface area (Å²) in [7, 11) is -3.71. The molecule has 0 unspecified atom stereocenters. The van der Waals surface area contributed by atoms with Crippen molar-refractivity contribution in [2.45, 2.75) is 25.2 Å². The molecule has 0 aliphatic rings. The molecule has 0 bridgehead atoms. The van der Waals surface area contributed by atoms with E-state index in [0.29, 0.717) is 18.8 Å². The summed E-state index contributed by atoms with van der Waals surface area (Å²) >= 11 is 0. The molecule has 0 heterocycles. The highest BCUT2D eigenvalue weighted by molar-refractivity contribution is 7.89. The smallest absolute Gasteiger partial charge is 0.276 e. The van der Waals surface area contributed by atoms with Crippen LogP contribution in [0.5, 0.6) is 5.75 Å². The molecule has 0 saturated heterocycles. The average molecular weight is 445 g/mol. The zero-order chi connectivity index (χ0) is 22.9. The number of hydrazine groups is 1. The van der Waals surface area contributed by atoms with Crippen molar-refractivity contribution in [1.29, 1.82) is 5.26 Å². The van der Waals surface area contributed by atoms with Gasteiger partial charge in [-0.3, -0.25) is 20.4 Å². The lowest BCUT2D eigenvalue weighted by atomic mass is 10.2. The van der Waals surface area contributed by atoms with Crippen LogP contribution in [-0.4, -0.2) is 44.2 Å². The van der Waals surface area contributed by atoms with Gasteiger partial charge in [-0.25, -0.2) is 8.42 Å². The van der Waals surface area contributed by atoms with Gasteiger partial charge in [0.1, 0.15) is 5.75 Å². The van der Waals surface area contributed by atoms with Crippen LogP contribution in [-0.2, 0) is 21.2 Å². The number of sulfonamides is 1. The minimum Gasteiger partial charge on any atom is -0.484 e. The lowest BCUT2D eigenvalue weighted by Gasteiger charge is -2.18. The quantitative estimate of drug-likeness (QED) is 0.566. The molecule has 0 fully saturated rings. The summed E-state index contributed by atoms with van der Waals surface area (Å²) in [5, 5.41) is 8.65. The normalized spacial score (nSPS) is 10.9. The van der Waals surface area contributed by atoms with Crippen molar-refractivity contribution in [1.82, 2.24) is 15.2 Å². The van der Waals surface area contributed by atoms with Crippen LogP contribution < -0.4 is 15.6 Å². The summed E-state index contributed by atoms with van der Waals surface area (Å²) in [4.78, 5) is 24.2. The molecule has 31 heavy (non-hydrogen) atoms. The van der Waals surface area contributed by atoms with Crippen molar-refractivity contribution in [3.05, 3.63) is 59.7 Å². The van der Waals surface area contributed by atoms with Crippen LogP contribution in [0.1, 0.15) is 29.8 Å². The van der Waals surface area contributed by atoms with Crippen molar-refractivity contribution in [3.8, 4) is 11.8 Å². The topological polar surface area (TPSA) is 129 Å². The van der Waals surface area contributed by atoms with Crippen LogP contribution in [0.15, 0.2) is 53.4 Å². The summed E-state index contributed by atoms with van der Waals surface area (Å²) < 4.78 is 31.8. The number of carbonyl (C=O) groups is 2. The number of nitrogens with one attached hydrogen (secondary N) is 2. The summed E-state index contributed by atoms with van der Waals surface area (Å²) in [6.07, 6.45) is 0.282. The van der Waals surface area contributed by atoms with E-state index in [4.69, 9.17) is 10.00 Å². The molecule has 0 aromatic heterocycles. The Bertz CT molecular complexity index is 1060. The van der Waals surface area contributed by atoms with Gasteiger partial charge in [0.15, 0.2) is 6.61 Å². The van der Waals surface area contributed by atoms with Crippen LogP contribution in [0, 0.1) is 11.3 Å². The van der Waals surface area contributed by atoms with E-state index < -0.39 is 21.8 Å². The van der Waals surface area contributed by atoms with Gasteiger partial charge in [0, 0.05) is 18.7 Å². The van der Waals surface area contributed by atoms with Crippen molar-refractivity contribution < 1.29 is 22.7 Å². The van der Waals surface area contributed by atoms with E-state index in [1.807, 2.05) is 6.07 Å². The highest BCUT2D eigenvalue weighted by atomic mass is 32.2. The van der Waals surface area contributed by atoms with E-state index in [2.05, 4.69) is 10.9 Å². The molecule has 0 spiro atoms. The first-order valence-corrected chi connectivity index (χ1v) is 11.0. The van der Waals surface area contributed by atoms with Crippen LogP contribution in [0.4, 0.5) is 0 Å². The zero-order valence-corrected chi connectivity index (χ0v) is 18.1. The molecule has 0 radical (unpaired) electrons. The molecule has 9 nitrogen and oxygen atoms in total. The van der Waals surface area contributed by atoms with E-state index in [9.17, 15) is 18.0 Å². The van der Waals surface area contributed by atoms with Gasteiger partial charge in [-0.1, -0.05) is 32.0 Å². The standard InChI is InChI=1S/C21H24N4O5S/c1-3-25(4-2)31(28,29)19-7-5-6-17(14-19)21(27)24-23-20(26)15-30-18-10-8-16(9-11-18)12-13-22/h5-11,14H,3-4,12,15H2,1-2H3,(H,23,26)(H,24,27). The van der Waals surface area contributed by atoms with Gasteiger partial charge in [-0.05, 0) is 35.9 Å². The minimum atomic E-state index is -3.71. The third-order valence-electron chi connectivity index (χ3n) is 4.33. The average Bonchev–Trinajstić information content (AvgIpc) is 2.78.